The van der Waals surface area contributed by atoms with Crippen LogP contribution in [0.2, 0.25) is 0 Å². The second kappa shape index (κ2) is 9.48. The molecule has 1 rings (SSSR count). The number of carboxylic acids is 1. The molecule has 0 aliphatic heterocycles. The second-order valence-corrected chi connectivity index (χ2v) is 6.55. The predicted octanol–water partition coefficient (Wildman–Crippen LogP) is 3.25. The fraction of sp³-hybridized carbons (Fsp3) is 0.500. The van der Waals surface area contributed by atoms with E-state index in [9.17, 15) is 9.59 Å². The van der Waals surface area contributed by atoms with Crippen molar-refractivity contribution >= 4 is 29.3 Å². The van der Waals surface area contributed by atoms with E-state index in [0.717, 1.165) is 12.2 Å². The minimum atomic E-state index is -1.03. The van der Waals surface area contributed by atoms with Gasteiger partial charge < -0.3 is 15.2 Å². The molecule has 5 nitrogen and oxygen atoms in total. The maximum Gasteiger partial charge on any atom is 0.335 e. The molecule has 1 aromatic rings. The Kier molecular flexibility index (Phi) is 7.98. The van der Waals surface area contributed by atoms with Crippen molar-refractivity contribution in [3.8, 4) is 0 Å². The summed E-state index contributed by atoms with van der Waals surface area (Å²) >= 11 is 1.58. The number of aromatic carboxylic acids is 1. The molecule has 0 radical (unpaired) electrons. The first-order chi connectivity index (χ1) is 10.4. The number of hydrogen-bond donors (Lipinski definition) is 2. The number of nitrogens with one attached hydrogen (secondary N) is 1. The van der Waals surface area contributed by atoms with Crippen LogP contribution in [0.25, 0.3) is 0 Å². The highest BCUT2D eigenvalue weighted by atomic mass is 32.2. The smallest absolute Gasteiger partial charge is 0.335 e. The number of thioether (sulfide) groups is 1. The van der Waals surface area contributed by atoms with E-state index < -0.39 is 5.97 Å². The molecule has 0 bridgehead atoms. The highest BCUT2D eigenvalue weighted by Crippen LogP contribution is 2.17. The zero-order valence-corrected chi connectivity index (χ0v) is 14.0. The molecule has 0 unspecified atom stereocenters. The molecule has 0 saturated carbocycles. The SMILES string of the molecule is COCc1cc(NC(=O)CSCCC(C)C)cc(C(=O)O)c1. The van der Waals surface area contributed by atoms with Gasteiger partial charge in [0.25, 0.3) is 0 Å². The fourth-order valence-electron chi connectivity index (χ4n) is 1.82. The van der Waals surface area contributed by atoms with Crippen molar-refractivity contribution in [1.82, 2.24) is 0 Å². The molecule has 122 valence electrons. The molecule has 2 N–H and O–H groups in total. The molecule has 0 saturated heterocycles. The Hall–Kier alpha value is -1.53. The number of carbonyl (C=O) groups is 2. The molecule has 1 amide bonds. The largest absolute Gasteiger partial charge is 0.478 e. The zero-order chi connectivity index (χ0) is 16.5. The average molecular weight is 325 g/mol. The van der Waals surface area contributed by atoms with E-state index in [2.05, 4.69) is 19.2 Å². The van der Waals surface area contributed by atoms with Crippen molar-refractivity contribution in [2.75, 3.05) is 23.9 Å². The van der Waals surface area contributed by atoms with Gasteiger partial charge in [0.05, 0.1) is 17.9 Å². The molecule has 0 atom stereocenters. The van der Waals surface area contributed by atoms with Gasteiger partial charge >= 0.3 is 5.97 Å². The lowest BCUT2D eigenvalue weighted by Gasteiger charge is -2.09. The van der Waals surface area contributed by atoms with E-state index >= 15 is 0 Å². The quantitative estimate of drug-likeness (QED) is 0.682. The molecular formula is C16H23NO4S. The van der Waals surface area contributed by atoms with Gasteiger partial charge in [0.15, 0.2) is 0 Å². The van der Waals surface area contributed by atoms with Gasteiger partial charge in [0.2, 0.25) is 5.91 Å². The van der Waals surface area contributed by atoms with Gasteiger partial charge in [-0.05, 0) is 41.9 Å². The Balaban J connectivity index is 2.63. The maximum atomic E-state index is 11.9. The first-order valence-electron chi connectivity index (χ1n) is 7.16. The van der Waals surface area contributed by atoms with Gasteiger partial charge in [-0.3, -0.25) is 4.79 Å². The van der Waals surface area contributed by atoms with Crippen molar-refractivity contribution in [2.45, 2.75) is 26.9 Å². The summed E-state index contributed by atoms with van der Waals surface area (Å²) in [6.07, 6.45) is 1.07. The van der Waals surface area contributed by atoms with Gasteiger partial charge in [0, 0.05) is 12.8 Å². The molecule has 0 aliphatic carbocycles. The van der Waals surface area contributed by atoms with Gasteiger partial charge in [-0.2, -0.15) is 11.8 Å². The predicted molar refractivity (Wildman–Crippen MR) is 89.5 cm³/mol. The molecule has 0 heterocycles. The third-order valence-corrected chi connectivity index (χ3v) is 3.90. The van der Waals surface area contributed by atoms with Crippen molar-refractivity contribution in [3.05, 3.63) is 29.3 Å². The lowest BCUT2D eigenvalue weighted by molar-refractivity contribution is -0.113. The number of hydrogen-bond acceptors (Lipinski definition) is 4. The number of benzene rings is 1. The maximum absolute atomic E-state index is 11.9. The van der Waals surface area contributed by atoms with Gasteiger partial charge in [-0.1, -0.05) is 13.8 Å². The highest BCUT2D eigenvalue weighted by Gasteiger charge is 2.09. The number of anilines is 1. The van der Waals surface area contributed by atoms with E-state index in [0.29, 0.717) is 29.5 Å². The Labute approximate surface area is 135 Å². The van der Waals surface area contributed by atoms with E-state index in [1.165, 1.54) is 13.2 Å². The summed E-state index contributed by atoms with van der Waals surface area (Å²) in [6, 6.07) is 4.73. The average Bonchev–Trinajstić information content (AvgIpc) is 2.43. The summed E-state index contributed by atoms with van der Waals surface area (Å²) in [6.45, 7) is 4.60. The Morgan fingerprint density at radius 1 is 1.32 bits per heavy atom. The summed E-state index contributed by atoms with van der Waals surface area (Å²) in [5.41, 5.74) is 1.34. The van der Waals surface area contributed by atoms with Gasteiger partial charge in [-0.25, -0.2) is 4.79 Å². The topological polar surface area (TPSA) is 75.6 Å². The number of carboxylic acid groups (broad SMARTS) is 1. The molecule has 0 aromatic heterocycles. The van der Waals surface area contributed by atoms with Crippen molar-refractivity contribution in [3.63, 3.8) is 0 Å². The van der Waals surface area contributed by atoms with Crippen LogP contribution < -0.4 is 5.32 Å². The fourth-order valence-corrected chi connectivity index (χ4v) is 2.86. The van der Waals surface area contributed by atoms with Crippen LogP contribution in [0, 0.1) is 5.92 Å². The Morgan fingerprint density at radius 2 is 2.05 bits per heavy atom. The molecule has 22 heavy (non-hydrogen) atoms. The summed E-state index contributed by atoms with van der Waals surface area (Å²) in [4.78, 5) is 23.0. The van der Waals surface area contributed by atoms with Crippen LogP contribution in [0.15, 0.2) is 18.2 Å². The van der Waals surface area contributed by atoms with E-state index in [-0.39, 0.29) is 11.5 Å². The Bertz CT molecular complexity index is 517. The van der Waals surface area contributed by atoms with Crippen LogP contribution in [0.4, 0.5) is 5.69 Å². The number of methoxy groups -OCH3 is 1. The van der Waals surface area contributed by atoms with Crippen molar-refractivity contribution < 1.29 is 19.4 Å². The first-order valence-corrected chi connectivity index (χ1v) is 8.31. The lowest BCUT2D eigenvalue weighted by atomic mass is 10.1. The van der Waals surface area contributed by atoms with Gasteiger partial charge in [-0.15, -0.1) is 0 Å². The summed E-state index contributed by atoms with van der Waals surface area (Å²) in [7, 11) is 1.54. The summed E-state index contributed by atoms with van der Waals surface area (Å²) in [5.74, 6) is 0.776. The number of ether oxygens (including phenoxy) is 1. The second-order valence-electron chi connectivity index (χ2n) is 5.44. The van der Waals surface area contributed by atoms with E-state index in [1.54, 1.807) is 23.9 Å². The molecule has 1 aromatic carbocycles. The van der Waals surface area contributed by atoms with Crippen LogP contribution in [-0.4, -0.2) is 35.6 Å². The van der Waals surface area contributed by atoms with Crippen molar-refractivity contribution in [2.24, 2.45) is 5.92 Å². The molecule has 0 fully saturated rings. The molecule has 0 aliphatic rings. The number of amides is 1. The van der Waals surface area contributed by atoms with Crippen LogP contribution in [0.3, 0.4) is 0 Å². The minimum Gasteiger partial charge on any atom is -0.478 e. The van der Waals surface area contributed by atoms with Gasteiger partial charge in [0.1, 0.15) is 0 Å². The monoisotopic (exact) mass is 325 g/mol. The zero-order valence-electron chi connectivity index (χ0n) is 13.2. The summed E-state index contributed by atoms with van der Waals surface area (Å²) < 4.78 is 5.01. The van der Waals surface area contributed by atoms with Crippen LogP contribution in [0.1, 0.15) is 36.2 Å². The Morgan fingerprint density at radius 3 is 2.64 bits per heavy atom. The third-order valence-electron chi connectivity index (χ3n) is 2.91. The minimum absolute atomic E-state index is 0.125. The molecule has 0 spiro atoms. The number of carbonyl (C=O) groups excluding carboxylic acids is 1. The van der Waals surface area contributed by atoms with E-state index in [4.69, 9.17) is 9.84 Å². The molecule has 6 heteroatoms. The number of rotatable bonds is 9. The molecular weight excluding hydrogens is 302 g/mol. The van der Waals surface area contributed by atoms with Crippen LogP contribution in [-0.2, 0) is 16.1 Å². The lowest BCUT2D eigenvalue weighted by Crippen LogP contribution is -2.15. The normalized spacial score (nSPS) is 10.7. The van der Waals surface area contributed by atoms with Crippen molar-refractivity contribution in [1.29, 1.82) is 0 Å². The van der Waals surface area contributed by atoms with E-state index in [1.807, 2.05) is 0 Å². The first kappa shape index (κ1) is 18.5. The summed E-state index contributed by atoms with van der Waals surface area (Å²) in [5, 5.41) is 11.8. The van der Waals surface area contributed by atoms with Crippen LogP contribution in [0.5, 0.6) is 0 Å². The van der Waals surface area contributed by atoms with Crippen LogP contribution >= 0.6 is 11.8 Å². The third kappa shape index (κ3) is 6.95. The standard InChI is InChI=1S/C16H23NO4S/c1-11(2)4-5-22-10-15(18)17-14-7-12(9-21-3)6-13(8-14)16(19)20/h6-8,11H,4-5,9-10H2,1-3H3,(H,17,18)(H,19,20). The highest BCUT2D eigenvalue weighted by molar-refractivity contribution is 7.99.